The zero-order valence-electron chi connectivity index (χ0n) is 13.1. The van der Waals surface area contributed by atoms with Gasteiger partial charge in [0, 0.05) is 5.57 Å². The van der Waals surface area contributed by atoms with Gasteiger partial charge in [0.2, 0.25) is 0 Å². The quantitative estimate of drug-likeness (QED) is 0.269. The van der Waals surface area contributed by atoms with Gasteiger partial charge >= 0.3 is 12.3 Å². The van der Waals surface area contributed by atoms with Crippen LogP contribution in [0.4, 0.5) is 13.2 Å². The Balaban J connectivity index is 3.56. The van der Waals surface area contributed by atoms with E-state index in [1.54, 1.807) is 0 Å². The normalized spacial score (nSPS) is 12.5. The zero-order chi connectivity index (χ0) is 16.1. The number of unbranched alkanes of at least 4 members (excludes halogenated alkanes) is 9. The van der Waals surface area contributed by atoms with Crippen LogP contribution >= 0.6 is 0 Å². The zero-order valence-corrected chi connectivity index (χ0v) is 13.1. The van der Waals surface area contributed by atoms with Gasteiger partial charge in [-0.15, -0.1) is 13.2 Å². The van der Waals surface area contributed by atoms with Crippen molar-refractivity contribution in [2.75, 3.05) is 0 Å². The van der Waals surface area contributed by atoms with Crippen molar-refractivity contribution >= 4 is 5.97 Å². The molecule has 0 aliphatic rings. The molecule has 0 saturated carbocycles. The molecule has 0 saturated heterocycles. The number of ether oxygens (including phenoxy) is 1. The fraction of sp³-hybridized carbons (Fsp3) is 0.812. The molecule has 0 heterocycles. The van der Waals surface area contributed by atoms with Crippen molar-refractivity contribution in [1.29, 1.82) is 0 Å². The van der Waals surface area contributed by atoms with Crippen molar-refractivity contribution < 1.29 is 22.7 Å². The summed E-state index contributed by atoms with van der Waals surface area (Å²) < 4.78 is 38.8. The highest BCUT2D eigenvalue weighted by atomic mass is 19.4. The molecule has 5 heteroatoms. The Kier molecular flexibility index (Phi) is 11.1. The summed E-state index contributed by atoms with van der Waals surface area (Å²) in [5, 5.41) is 0. The van der Waals surface area contributed by atoms with Crippen LogP contribution in [-0.2, 0) is 9.53 Å². The van der Waals surface area contributed by atoms with E-state index in [2.05, 4.69) is 11.7 Å². The fourth-order valence-corrected chi connectivity index (χ4v) is 2.04. The van der Waals surface area contributed by atoms with E-state index < -0.39 is 12.3 Å². The van der Waals surface area contributed by atoms with E-state index in [1.807, 2.05) is 0 Å². The Hall–Kier alpha value is -1.00. The first-order valence-electron chi connectivity index (χ1n) is 7.83. The second-order valence-electron chi connectivity index (χ2n) is 5.34. The van der Waals surface area contributed by atoms with Crippen LogP contribution < -0.4 is 0 Å². The van der Waals surface area contributed by atoms with E-state index in [4.69, 9.17) is 0 Å². The molecule has 0 aromatic rings. The Bertz CT molecular complexity index is 309. The molecule has 0 spiro atoms. The van der Waals surface area contributed by atoms with Crippen molar-refractivity contribution in [2.45, 2.75) is 84.4 Å². The molecular formula is C16H27F3O2. The molecule has 2 nitrogen and oxygen atoms in total. The number of esters is 1. The molecule has 0 atom stereocenters. The van der Waals surface area contributed by atoms with E-state index in [1.165, 1.54) is 51.5 Å². The first-order chi connectivity index (χ1) is 9.87. The number of halogens is 3. The number of alkyl halides is 3. The third-order valence-corrected chi connectivity index (χ3v) is 3.29. The predicted molar refractivity (Wildman–Crippen MR) is 77.7 cm³/mol. The summed E-state index contributed by atoms with van der Waals surface area (Å²) in [6.45, 7) is 3.54. The average molecular weight is 308 g/mol. The lowest BCUT2D eigenvalue weighted by Gasteiger charge is -2.07. The summed E-state index contributed by atoms with van der Waals surface area (Å²) in [7, 11) is 0. The number of hydrogen-bond acceptors (Lipinski definition) is 2. The van der Waals surface area contributed by atoms with Crippen molar-refractivity contribution in [3.8, 4) is 0 Å². The maximum absolute atomic E-state index is 11.8. The van der Waals surface area contributed by atoms with E-state index >= 15 is 0 Å². The van der Waals surface area contributed by atoms with E-state index in [0.717, 1.165) is 19.3 Å². The van der Waals surface area contributed by atoms with Crippen LogP contribution in [0.3, 0.4) is 0 Å². The van der Waals surface area contributed by atoms with Gasteiger partial charge in [-0.1, -0.05) is 64.4 Å². The summed E-state index contributed by atoms with van der Waals surface area (Å²) in [6.07, 6.45) is 7.95. The molecule has 0 amide bonds. The maximum atomic E-state index is 11.8. The highest BCUT2D eigenvalue weighted by Crippen LogP contribution is 2.18. The molecule has 0 aliphatic heterocycles. The second kappa shape index (κ2) is 11.6. The molecule has 0 unspecified atom stereocenters. The molecule has 0 aromatic heterocycles. The molecule has 21 heavy (non-hydrogen) atoms. The molecule has 0 aliphatic carbocycles. The number of carbonyl (C=O) groups excluding carboxylic acids is 1. The maximum Gasteiger partial charge on any atom is 0.575 e. The van der Waals surface area contributed by atoms with Crippen LogP contribution in [0.5, 0.6) is 0 Å². The van der Waals surface area contributed by atoms with E-state index in [9.17, 15) is 18.0 Å². The van der Waals surface area contributed by atoms with E-state index in [-0.39, 0.29) is 5.57 Å². The molecule has 0 radical (unpaired) electrons. The Morgan fingerprint density at radius 2 is 1.43 bits per heavy atom. The first kappa shape index (κ1) is 20.0. The minimum atomic E-state index is -4.90. The lowest BCUT2D eigenvalue weighted by molar-refractivity contribution is -0.303. The number of rotatable bonds is 11. The van der Waals surface area contributed by atoms with Crippen molar-refractivity contribution in [3.63, 3.8) is 0 Å². The highest BCUT2D eigenvalue weighted by Gasteiger charge is 2.34. The average Bonchev–Trinajstić information content (AvgIpc) is 2.38. The predicted octanol–water partition coefficient (Wildman–Crippen LogP) is 5.92. The minimum Gasteiger partial charge on any atom is -0.369 e. The highest BCUT2D eigenvalue weighted by molar-refractivity contribution is 5.87. The molecule has 0 rings (SSSR count). The third-order valence-electron chi connectivity index (χ3n) is 3.29. The number of carbonyl (C=O) groups is 1. The van der Waals surface area contributed by atoms with Gasteiger partial charge in [-0.2, -0.15) is 0 Å². The molecule has 0 aromatic carbocycles. The molecule has 0 fully saturated rings. The van der Waals surface area contributed by atoms with Gasteiger partial charge in [-0.3, -0.25) is 0 Å². The summed E-state index contributed by atoms with van der Waals surface area (Å²) in [5.74, 6) is -1.31. The Morgan fingerprint density at radius 1 is 0.952 bits per heavy atom. The standard InChI is InChI=1S/C16H27F3O2/c1-3-4-5-6-7-8-9-10-11-12-13-14(2)15(20)21-16(17,18)19/h13H,3-12H2,1-2H3. The van der Waals surface area contributed by atoms with Gasteiger partial charge in [0.05, 0.1) is 0 Å². The van der Waals surface area contributed by atoms with Crippen molar-refractivity contribution in [3.05, 3.63) is 11.6 Å². The van der Waals surface area contributed by atoms with Gasteiger partial charge in [0.15, 0.2) is 0 Å². The van der Waals surface area contributed by atoms with Crippen molar-refractivity contribution in [1.82, 2.24) is 0 Å². The molecule has 0 N–H and O–H groups in total. The van der Waals surface area contributed by atoms with Crippen LogP contribution in [-0.4, -0.2) is 12.3 Å². The summed E-state index contributed by atoms with van der Waals surface area (Å²) in [6, 6.07) is 0. The smallest absolute Gasteiger partial charge is 0.369 e. The minimum absolute atomic E-state index is 0.0203. The topological polar surface area (TPSA) is 26.3 Å². The Labute approximate surface area is 125 Å². The van der Waals surface area contributed by atoms with Gasteiger partial charge in [-0.05, 0) is 19.8 Å². The van der Waals surface area contributed by atoms with Gasteiger partial charge in [0.1, 0.15) is 0 Å². The SMILES string of the molecule is CCCCCCCCCCCC=C(C)C(=O)OC(F)(F)F. The van der Waals surface area contributed by atoms with Crippen LogP contribution in [0.2, 0.25) is 0 Å². The number of hydrogen-bond donors (Lipinski definition) is 0. The van der Waals surface area contributed by atoms with Crippen molar-refractivity contribution in [2.24, 2.45) is 0 Å². The van der Waals surface area contributed by atoms with Crippen LogP contribution in [0.15, 0.2) is 11.6 Å². The molecule has 124 valence electrons. The van der Waals surface area contributed by atoms with E-state index in [0.29, 0.717) is 6.42 Å². The van der Waals surface area contributed by atoms with Crippen LogP contribution in [0, 0.1) is 0 Å². The lowest BCUT2D eigenvalue weighted by atomic mass is 10.1. The largest absolute Gasteiger partial charge is 0.575 e. The summed E-state index contributed by atoms with van der Waals surface area (Å²) >= 11 is 0. The fourth-order valence-electron chi connectivity index (χ4n) is 2.04. The van der Waals surface area contributed by atoms with Gasteiger partial charge < -0.3 is 4.74 Å². The molecule has 0 bridgehead atoms. The lowest BCUT2D eigenvalue weighted by Crippen LogP contribution is -2.19. The second-order valence-corrected chi connectivity index (χ2v) is 5.34. The molecular weight excluding hydrogens is 281 g/mol. The summed E-state index contributed by atoms with van der Waals surface area (Å²) in [5.41, 5.74) is 0.0203. The van der Waals surface area contributed by atoms with Crippen LogP contribution in [0.1, 0.15) is 78.1 Å². The van der Waals surface area contributed by atoms with Gasteiger partial charge in [-0.25, -0.2) is 4.79 Å². The van der Waals surface area contributed by atoms with Gasteiger partial charge in [0.25, 0.3) is 0 Å². The number of allylic oxidation sites excluding steroid dienone is 1. The first-order valence-corrected chi connectivity index (χ1v) is 7.83. The van der Waals surface area contributed by atoms with Crippen LogP contribution in [0.25, 0.3) is 0 Å². The third kappa shape index (κ3) is 13.7. The monoisotopic (exact) mass is 308 g/mol. The summed E-state index contributed by atoms with van der Waals surface area (Å²) in [4.78, 5) is 11.0. The Morgan fingerprint density at radius 3 is 1.90 bits per heavy atom.